The average Bonchev–Trinajstić information content (AvgIpc) is 3.66. The highest BCUT2D eigenvalue weighted by Crippen LogP contribution is 2.39. The zero-order valence-corrected chi connectivity index (χ0v) is 29.8. The van der Waals surface area contributed by atoms with Gasteiger partial charge in [0.1, 0.15) is 11.2 Å². The standard InChI is InChI=1S/C51H33N3O/c1-4-13-34(14-5-1)35-25-29-40(30-26-35)50-52-49(39-17-8-3-9-18-39)53-51(54-50)44-21-12-22-47-48(44)45-33-41(31-32-46(45)55-47)36-23-27-38(28-24-36)43-20-11-10-19-42(43)37-15-6-2-7-16-37/h1-33H. The van der Waals surface area contributed by atoms with E-state index in [1.165, 1.54) is 22.3 Å². The molecule has 2 aromatic heterocycles. The van der Waals surface area contributed by atoms with Crippen molar-refractivity contribution in [3.63, 3.8) is 0 Å². The first-order valence-corrected chi connectivity index (χ1v) is 18.4. The topological polar surface area (TPSA) is 51.8 Å². The van der Waals surface area contributed by atoms with E-state index in [4.69, 9.17) is 19.4 Å². The van der Waals surface area contributed by atoms with Crippen molar-refractivity contribution in [2.24, 2.45) is 0 Å². The van der Waals surface area contributed by atoms with E-state index in [1.807, 2.05) is 48.5 Å². The highest BCUT2D eigenvalue weighted by molar-refractivity contribution is 6.12. The van der Waals surface area contributed by atoms with E-state index < -0.39 is 0 Å². The summed E-state index contributed by atoms with van der Waals surface area (Å²) in [5.41, 5.74) is 13.7. The summed E-state index contributed by atoms with van der Waals surface area (Å²) < 4.78 is 6.45. The van der Waals surface area contributed by atoms with Crippen LogP contribution in [0.5, 0.6) is 0 Å². The van der Waals surface area contributed by atoms with Crippen LogP contribution in [0.1, 0.15) is 0 Å². The second kappa shape index (κ2) is 13.8. The Morgan fingerprint density at radius 1 is 0.273 bits per heavy atom. The minimum atomic E-state index is 0.594. The Kier molecular flexibility index (Phi) is 8.12. The van der Waals surface area contributed by atoms with E-state index in [2.05, 4.69) is 152 Å². The maximum absolute atomic E-state index is 6.45. The lowest BCUT2D eigenvalue weighted by molar-refractivity contribution is 0.669. The van der Waals surface area contributed by atoms with Crippen LogP contribution in [0.3, 0.4) is 0 Å². The monoisotopic (exact) mass is 703 g/mol. The quantitative estimate of drug-likeness (QED) is 0.166. The summed E-state index contributed by atoms with van der Waals surface area (Å²) in [6.45, 7) is 0. The van der Waals surface area contributed by atoms with E-state index in [-0.39, 0.29) is 0 Å². The van der Waals surface area contributed by atoms with Crippen LogP contribution in [-0.2, 0) is 0 Å². The van der Waals surface area contributed by atoms with Crippen LogP contribution >= 0.6 is 0 Å². The Morgan fingerprint density at radius 3 is 1.33 bits per heavy atom. The van der Waals surface area contributed by atoms with Gasteiger partial charge in [-0.25, -0.2) is 15.0 Å². The number of hydrogen-bond acceptors (Lipinski definition) is 4. The van der Waals surface area contributed by atoms with Crippen LogP contribution in [-0.4, -0.2) is 15.0 Å². The van der Waals surface area contributed by atoms with Crippen LogP contribution in [0, 0.1) is 0 Å². The van der Waals surface area contributed by atoms with Gasteiger partial charge in [0.25, 0.3) is 0 Å². The van der Waals surface area contributed by atoms with Crippen LogP contribution in [0.2, 0.25) is 0 Å². The molecule has 0 aliphatic rings. The Morgan fingerprint density at radius 2 is 0.691 bits per heavy atom. The molecule has 0 aliphatic carbocycles. The van der Waals surface area contributed by atoms with Gasteiger partial charge in [-0.15, -0.1) is 0 Å². The second-order valence-electron chi connectivity index (χ2n) is 13.6. The van der Waals surface area contributed by atoms with Gasteiger partial charge in [-0.3, -0.25) is 0 Å². The molecule has 55 heavy (non-hydrogen) atoms. The Hall–Kier alpha value is -7.43. The lowest BCUT2D eigenvalue weighted by Crippen LogP contribution is -2.00. The zero-order chi connectivity index (χ0) is 36.6. The molecule has 0 aliphatic heterocycles. The minimum Gasteiger partial charge on any atom is -0.456 e. The molecule has 4 nitrogen and oxygen atoms in total. The summed E-state index contributed by atoms with van der Waals surface area (Å²) in [5, 5.41) is 1.99. The molecule has 0 bridgehead atoms. The first-order chi connectivity index (χ1) is 27.2. The predicted octanol–water partition coefficient (Wildman–Crippen LogP) is 13.4. The molecule has 0 spiro atoms. The molecule has 2 heterocycles. The molecule has 258 valence electrons. The molecule has 0 radical (unpaired) electrons. The van der Waals surface area contributed by atoms with Gasteiger partial charge in [-0.05, 0) is 62.7 Å². The molecule has 0 unspecified atom stereocenters. The van der Waals surface area contributed by atoms with Crippen molar-refractivity contribution in [1.82, 2.24) is 15.0 Å². The van der Waals surface area contributed by atoms with E-state index in [9.17, 15) is 0 Å². The van der Waals surface area contributed by atoms with Gasteiger partial charge in [-0.1, -0.05) is 182 Å². The summed E-state index contributed by atoms with van der Waals surface area (Å²) in [5.74, 6) is 1.83. The molecule has 0 amide bonds. The smallest absolute Gasteiger partial charge is 0.164 e. The number of nitrogens with zero attached hydrogens (tertiary/aromatic N) is 3. The van der Waals surface area contributed by atoms with Crippen molar-refractivity contribution in [2.45, 2.75) is 0 Å². The van der Waals surface area contributed by atoms with E-state index in [1.54, 1.807) is 0 Å². The molecule has 10 aromatic rings. The van der Waals surface area contributed by atoms with Gasteiger partial charge in [0.15, 0.2) is 17.5 Å². The van der Waals surface area contributed by atoms with Crippen LogP contribution in [0.25, 0.3) is 101 Å². The number of hydrogen-bond donors (Lipinski definition) is 0. The van der Waals surface area contributed by atoms with Crippen LogP contribution in [0.4, 0.5) is 0 Å². The molecule has 10 rings (SSSR count). The van der Waals surface area contributed by atoms with Crippen molar-refractivity contribution < 1.29 is 4.42 Å². The first-order valence-electron chi connectivity index (χ1n) is 18.4. The van der Waals surface area contributed by atoms with E-state index in [0.717, 1.165) is 60.9 Å². The van der Waals surface area contributed by atoms with Crippen molar-refractivity contribution in [3.8, 4) is 78.7 Å². The Balaban J connectivity index is 1.07. The highest BCUT2D eigenvalue weighted by Gasteiger charge is 2.19. The van der Waals surface area contributed by atoms with E-state index >= 15 is 0 Å². The zero-order valence-electron chi connectivity index (χ0n) is 29.8. The van der Waals surface area contributed by atoms with Crippen molar-refractivity contribution in [2.75, 3.05) is 0 Å². The number of rotatable bonds is 7. The molecule has 0 fully saturated rings. The predicted molar refractivity (Wildman–Crippen MR) is 225 cm³/mol. The minimum absolute atomic E-state index is 0.594. The summed E-state index contributed by atoms with van der Waals surface area (Å²) in [4.78, 5) is 15.2. The third-order valence-corrected chi connectivity index (χ3v) is 10.2. The fourth-order valence-electron chi connectivity index (χ4n) is 7.42. The molecule has 0 saturated carbocycles. The average molecular weight is 704 g/mol. The highest BCUT2D eigenvalue weighted by atomic mass is 16.3. The molecular formula is C51H33N3O. The van der Waals surface area contributed by atoms with Gasteiger partial charge < -0.3 is 4.42 Å². The maximum Gasteiger partial charge on any atom is 0.164 e. The van der Waals surface area contributed by atoms with Gasteiger partial charge in [0.2, 0.25) is 0 Å². The molecular weight excluding hydrogens is 671 g/mol. The largest absolute Gasteiger partial charge is 0.456 e. The number of fused-ring (bicyclic) bond motifs is 3. The summed E-state index contributed by atoms with van der Waals surface area (Å²) in [7, 11) is 0. The third-order valence-electron chi connectivity index (χ3n) is 10.2. The van der Waals surface area contributed by atoms with Crippen molar-refractivity contribution in [1.29, 1.82) is 0 Å². The maximum atomic E-state index is 6.45. The lowest BCUT2D eigenvalue weighted by atomic mass is 9.93. The number of furan rings is 1. The Labute approximate surface area is 319 Å². The van der Waals surface area contributed by atoms with Crippen LogP contribution < -0.4 is 0 Å². The van der Waals surface area contributed by atoms with E-state index in [0.29, 0.717) is 17.5 Å². The second-order valence-corrected chi connectivity index (χ2v) is 13.6. The normalized spacial score (nSPS) is 11.3. The van der Waals surface area contributed by atoms with Gasteiger partial charge in [0.05, 0.1) is 0 Å². The number of aromatic nitrogens is 3. The van der Waals surface area contributed by atoms with Gasteiger partial charge in [0, 0.05) is 27.5 Å². The first kappa shape index (κ1) is 32.2. The fourth-order valence-corrected chi connectivity index (χ4v) is 7.42. The molecule has 0 saturated heterocycles. The van der Waals surface area contributed by atoms with Crippen LogP contribution in [0.15, 0.2) is 205 Å². The third kappa shape index (κ3) is 6.16. The van der Waals surface area contributed by atoms with Gasteiger partial charge >= 0.3 is 0 Å². The summed E-state index contributed by atoms with van der Waals surface area (Å²) in [6.07, 6.45) is 0. The lowest BCUT2D eigenvalue weighted by Gasteiger charge is -2.11. The molecule has 8 aromatic carbocycles. The molecule has 0 N–H and O–H groups in total. The Bertz CT molecular complexity index is 2940. The fraction of sp³-hybridized carbons (Fsp3) is 0. The van der Waals surface area contributed by atoms with Crippen molar-refractivity contribution >= 4 is 21.9 Å². The SMILES string of the molecule is c1ccc(-c2ccc(-c3nc(-c4ccccc4)nc(-c4cccc5oc6ccc(-c7ccc(-c8ccccc8-c8ccccc8)cc7)cc6c45)n3)cc2)cc1. The number of benzene rings is 8. The molecule has 4 heteroatoms. The molecule has 0 atom stereocenters. The van der Waals surface area contributed by atoms with Crippen molar-refractivity contribution in [3.05, 3.63) is 200 Å². The summed E-state index contributed by atoms with van der Waals surface area (Å²) in [6, 6.07) is 69.4. The summed E-state index contributed by atoms with van der Waals surface area (Å²) >= 11 is 0. The van der Waals surface area contributed by atoms with Gasteiger partial charge in [-0.2, -0.15) is 0 Å².